The fourth-order valence-corrected chi connectivity index (χ4v) is 3.25. The van der Waals surface area contributed by atoms with E-state index in [-0.39, 0.29) is 37.0 Å². The van der Waals surface area contributed by atoms with Gasteiger partial charge in [-0.2, -0.15) is 5.10 Å². The van der Waals surface area contributed by atoms with E-state index in [1.165, 1.54) is 29.2 Å². The number of aromatic nitrogens is 4. The second-order valence-electron chi connectivity index (χ2n) is 7.23. The third-order valence-corrected chi connectivity index (χ3v) is 4.95. The molecular weight excluding hydrogens is 429 g/mol. The summed E-state index contributed by atoms with van der Waals surface area (Å²) in [4.78, 5) is 29.2. The predicted molar refractivity (Wildman–Crippen MR) is 119 cm³/mol. The highest BCUT2D eigenvalue weighted by molar-refractivity contribution is 5.77. The Balaban J connectivity index is 1.33. The number of hydrogen-bond acceptors (Lipinski definition) is 6. The molecular formula is C23H22FN5O4. The molecule has 0 aliphatic heterocycles. The number of carbonyl (C=O) groups is 1. The average Bonchev–Trinajstić information content (AvgIpc) is 3.25. The number of fused-ring (bicyclic) bond motifs is 1. The van der Waals surface area contributed by atoms with Crippen molar-refractivity contribution in [2.45, 2.75) is 13.1 Å². The van der Waals surface area contributed by atoms with Gasteiger partial charge in [0.05, 0.1) is 26.4 Å². The van der Waals surface area contributed by atoms with Crippen LogP contribution >= 0.6 is 0 Å². The van der Waals surface area contributed by atoms with Crippen LogP contribution < -0.4 is 20.3 Å². The van der Waals surface area contributed by atoms with Crippen LogP contribution in [0.1, 0.15) is 5.56 Å². The maximum atomic E-state index is 13.1. The molecule has 0 saturated carbocycles. The van der Waals surface area contributed by atoms with E-state index in [1.54, 1.807) is 48.2 Å². The lowest BCUT2D eigenvalue weighted by Gasteiger charge is -2.09. The van der Waals surface area contributed by atoms with Crippen molar-refractivity contribution in [1.82, 2.24) is 24.6 Å². The van der Waals surface area contributed by atoms with E-state index in [9.17, 15) is 14.0 Å². The zero-order valence-electron chi connectivity index (χ0n) is 17.9. The first-order chi connectivity index (χ1) is 16.0. The Morgan fingerprint density at radius 3 is 2.73 bits per heavy atom. The Morgan fingerprint density at radius 1 is 1.15 bits per heavy atom. The van der Waals surface area contributed by atoms with Gasteiger partial charge in [0.1, 0.15) is 29.0 Å². The van der Waals surface area contributed by atoms with Gasteiger partial charge in [-0.15, -0.1) is 0 Å². The first-order valence-electron chi connectivity index (χ1n) is 10.2. The molecule has 0 unspecified atom stereocenters. The lowest BCUT2D eigenvalue weighted by Crippen LogP contribution is -2.31. The number of ether oxygens (including phenoxy) is 2. The average molecular weight is 451 g/mol. The molecule has 33 heavy (non-hydrogen) atoms. The Morgan fingerprint density at radius 2 is 1.94 bits per heavy atom. The zero-order valence-corrected chi connectivity index (χ0v) is 17.9. The molecule has 0 bridgehead atoms. The van der Waals surface area contributed by atoms with Gasteiger partial charge in [0.2, 0.25) is 0 Å². The summed E-state index contributed by atoms with van der Waals surface area (Å²) in [6.07, 6.45) is 2.90. The molecule has 0 aliphatic carbocycles. The largest absolute Gasteiger partial charge is 0.497 e. The molecule has 170 valence electrons. The predicted octanol–water partition coefficient (Wildman–Crippen LogP) is 1.98. The molecule has 2 heterocycles. The molecule has 4 aromatic rings. The van der Waals surface area contributed by atoms with Gasteiger partial charge in [0.25, 0.3) is 11.5 Å². The van der Waals surface area contributed by atoms with Gasteiger partial charge >= 0.3 is 0 Å². The van der Waals surface area contributed by atoms with Gasteiger partial charge in [-0.05, 0) is 29.8 Å². The molecule has 0 saturated heterocycles. The number of nitrogens with zero attached hydrogens (tertiary/aromatic N) is 4. The summed E-state index contributed by atoms with van der Waals surface area (Å²) in [7, 11) is 1.56. The number of halogens is 1. The van der Waals surface area contributed by atoms with Crippen LogP contribution in [-0.4, -0.2) is 45.5 Å². The first kappa shape index (κ1) is 22.0. The smallest absolute Gasteiger partial charge is 0.264 e. The SMILES string of the molecule is COc1cccc(OCC(=O)NCCn2ncc3c(=O)n(Cc4ccc(F)cc4)cnc32)c1. The van der Waals surface area contributed by atoms with Gasteiger partial charge in [0, 0.05) is 12.6 Å². The summed E-state index contributed by atoms with van der Waals surface area (Å²) in [6.45, 7) is 0.760. The van der Waals surface area contributed by atoms with E-state index < -0.39 is 0 Å². The highest BCUT2D eigenvalue weighted by Gasteiger charge is 2.11. The van der Waals surface area contributed by atoms with Crippen LogP contribution in [0.3, 0.4) is 0 Å². The van der Waals surface area contributed by atoms with Crippen molar-refractivity contribution in [3.05, 3.63) is 82.8 Å². The van der Waals surface area contributed by atoms with E-state index in [0.29, 0.717) is 29.1 Å². The molecule has 0 aliphatic rings. The van der Waals surface area contributed by atoms with E-state index in [1.807, 2.05) is 0 Å². The summed E-state index contributed by atoms with van der Waals surface area (Å²) in [5, 5.41) is 7.34. The van der Waals surface area contributed by atoms with E-state index in [4.69, 9.17) is 9.47 Å². The second-order valence-corrected chi connectivity index (χ2v) is 7.23. The van der Waals surface area contributed by atoms with E-state index in [0.717, 1.165) is 5.56 Å². The van der Waals surface area contributed by atoms with Crippen molar-refractivity contribution in [1.29, 1.82) is 0 Å². The molecule has 2 aromatic carbocycles. The molecule has 10 heteroatoms. The third-order valence-electron chi connectivity index (χ3n) is 4.95. The maximum Gasteiger partial charge on any atom is 0.264 e. The number of hydrogen-bond donors (Lipinski definition) is 1. The minimum absolute atomic E-state index is 0.140. The van der Waals surface area contributed by atoms with Crippen LogP contribution in [0, 0.1) is 5.82 Å². The van der Waals surface area contributed by atoms with Crippen LogP contribution in [0.25, 0.3) is 11.0 Å². The fraction of sp³-hybridized carbons (Fsp3) is 0.217. The fourth-order valence-electron chi connectivity index (χ4n) is 3.25. The summed E-state index contributed by atoms with van der Waals surface area (Å²) in [6, 6.07) is 12.9. The normalized spacial score (nSPS) is 10.8. The molecule has 9 nitrogen and oxygen atoms in total. The van der Waals surface area contributed by atoms with Gasteiger partial charge < -0.3 is 14.8 Å². The lowest BCUT2D eigenvalue weighted by atomic mass is 10.2. The van der Waals surface area contributed by atoms with Crippen LogP contribution in [-0.2, 0) is 17.9 Å². The Kier molecular flexibility index (Phi) is 6.63. The lowest BCUT2D eigenvalue weighted by molar-refractivity contribution is -0.123. The summed E-state index contributed by atoms with van der Waals surface area (Å²) < 4.78 is 26.7. The number of amides is 1. The molecule has 4 rings (SSSR count). The number of benzene rings is 2. The third kappa shape index (κ3) is 5.35. The molecule has 1 N–H and O–H groups in total. The van der Waals surface area contributed by atoms with Crippen LogP contribution in [0.4, 0.5) is 4.39 Å². The standard InChI is InChI=1S/C23H22FN5O4/c1-32-18-3-2-4-19(11-18)33-14-21(30)25-9-10-29-22-20(12-27-29)23(31)28(15-26-22)13-16-5-7-17(24)8-6-16/h2-8,11-12,15H,9-10,13-14H2,1H3,(H,25,30). The summed E-state index contributed by atoms with van der Waals surface area (Å²) in [5.74, 6) is 0.551. The van der Waals surface area contributed by atoms with Gasteiger partial charge in [-0.3, -0.25) is 14.2 Å². The summed E-state index contributed by atoms with van der Waals surface area (Å²) >= 11 is 0. The van der Waals surface area contributed by atoms with Crippen LogP contribution in [0.2, 0.25) is 0 Å². The van der Waals surface area contributed by atoms with Crippen molar-refractivity contribution in [2.24, 2.45) is 0 Å². The number of carbonyl (C=O) groups excluding carboxylic acids is 1. The highest BCUT2D eigenvalue weighted by Crippen LogP contribution is 2.18. The number of nitrogens with one attached hydrogen (secondary N) is 1. The first-order valence-corrected chi connectivity index (χ1v) is 10.2. The maximum absolute atomic E-state index is 13.1. The van der Waals surface area contributed by atoms with Gasteiger partial charge in [-0.25, -0.2) is 14.1 Å². The number of methoxy groups -OCH3 is 1. The van der Waals surface area contributed by atoms with Crippen molar-refractivity contribution >= 4 is 16.9 Å². The van der Waals surface area contributed by atoms with Crippen LogP contribution in [0.5, 0.6) is 11.5 Å². The molecule has 0 atom stereocenters. The monoisotopic (exact) mass is 451 g/mol. The van der Waals surface area contributed by atoms with Crippen molar-refractivity contribution < 1.29 is 18.7 Å². The molecule has 2 aromatic heterocycles. The van der Waals surface area contributed by atoms with Crippen LogP contribution in [0.15, 0.2) is 65.8 Å². The molecule has 0 fully saturated rings. The zero-order chi connectivity index (χ0) is 23.2. The van der Waals surface area contributed by atoms with Crippen molar-refractivity contribution in [3.63, 3.8) is 0 Å². The van der Waals surface area contributed by atoms with Crippen molar-refractivity contribution in [3.8, 4) is 11.5 Å². The van der Waals surface area contributed by atoms with E-state index >= 15 is 0 Å². The van der Waals surface area contributed by atoms with Gasteiger partial charge in [0.15, 0.2) is 12.3 Å². The summed E-state index contributed by atoms with van der Waals surface area (Å²) in [5.41, 5.74) is 0.967. The van der Waals surface area contributed by atoms with Crippen molar-refractivity contribution in [2.75, 3.05) is 20.3 Å². The Hall–Kier alpha value is -4.21. The molecule has 0 radical (unpaired) electrons. The number of rotatable bonds is 9. The second kappa shape index (κ2) is 9.94. The Bertz CT molecular complexity index is 1320. The minimum Gasteiger partial charge on any atom is -0.497 e. The Labute approximate surface area is 188 Å². The highest BCUT2D eigenvalue weighted by atomic mass is 19.1. The van der Waals surface area contributed by atoms with Gasteiger partial charge in [-0.1, -0.05) is 18.2 Å². The quantitative estimate of drug-likeness (QED) is 0.418. The molecule has 0 spiro atoms. The topological polar surface area (TPSA) is 100 Å². The molecule has 1 amide bonds. The van der Waals surface area contributed by atoms with E-state index in [2.05, 4.69) is 15.4 Å². The minimum atomic E-state index is -0.333.